The maximum atomic E-state index is 13.1. The maximum Gasteiger partial charge on any atom is 0.272 e. The van der Waals surface area contributed by atoms with E-state index in [1.807, 2.05) is 24.0 Å². The summed E-state index contributed by atoms with van der Waals surface area (Å²) in [4.78, 5) is 33.7. The van der Waals surface area contributed by atoms with Gasteiger partial charge in [-0.25, -0.2) is 0 Å². The monoisotopic (exact) mass is 409 g/mol. The molecule has 3 aliphatic rings. The summed E-state index contributed by atoms with van der Waals surface area (Å²) < 4.78 is 0. The molecule has 6 heteroatoms. The summed E-state index contributed by atoms with van der Waals surface area (Å²) in [5.41, 5.74) is 3.65. The van der Waals surface area contributed by atoms with E-state index in [0.717, 1.165) is 36.8 Å². The summed E-state index contributed by atoms with van der Waals surface area (Å²) in [6.07, 6.45) is 8.40. The Balaban J connectivity index is 1.29. The molecule has 2 fully saturated rings. The van der Waals surface area contributed by atoms with Crippen LogP contribution in [-0.4, -0.2) is 40.8 Å². The van der Waals surface area contributed by atoms with Gasteiger partial charge in [0.1, 0.15) is 5.69 Å². The average Bonchev–Trinajstić information content (AvgIpc) is 3.25. The molecule has 0 radical (unpaired) electrons. The fraction of sp³-hybridized carbons (Fsp3) is 0.522. The molecule has 0 spiro atoms. The summed E-state index contributed by atoms with van der Waals surface area (Å²) in [5.74, 6) is 0.781. The van der Waals surface area contributed by atoms with Gasteiger partial charge in [-0.2, -0.15) is 0 Å². The van der Waals surface area contributed by atoms with E-state index in [1.54, 1.807) is 17.5 Å². The van der Waals surface area contributed by atoms with Crippen molar-refractivity contribution in [3.63, 3.8) is 0 Å². The van der Waals surface area contributed by atoms with Gasteiger partial charge in [-0.15, -0.1) is 11.3 Å². The normalized spacial score (nSPS) is 25.6. The minimum Gasteiger partial charge on any atom is -0.349 e. The smallest absolute Gasteiger partial charge is 0.272 e. The van der Waals surface area contributed by atoms with E-state index in [1.165, 1.54) is 23.3 Å². The Morgan fingerprint density at radius 3 is 2.69 bits per heavy atom. The number of hydrogen-bond acceptors (Lipinski definition) is 4. The number of fused-ring (bicyclic) bond motifs is 3. The zero-order valence-electron chi connectivity index (χ0n) is 16.8. The number of nitrogens with zero attached hydrogens (tertiary/aromatic N) is 2. The fourth-order valence-electron chi connectivity index (χ4n) is 5.40. The van der Waals surface area contributed by atoms with Crippen molar-refractivity contribution in [3.05, 3.63) is 51.0 Å². The first kappa shape index (κ1) is 18.8. The molecule has 29 heavy (non-hydrogen) atoms. The van der Waals surface area contributed by atoms with Crippen molar-refractivity contribution in [1.29, 1.82) is 0 Å². The first-order chi connectivity index (χ1) is 14.1. The van der Waals surface area contributed by atoms with Gasteiger partial charge in [-0.05, 0) is 74.5 Å². The second-order valence-electron chi connectivity index (χ2n) is 8.73. The highest BCUT2D eigenvalue weighted by molar-refractivity contribution is 7.10. The van der Waals surface area contributed by atoms with Gasteiger partial charge >= 0.3 is 0 Å². The molecule has 5 nitrogen and oxygen atoms in total. The third-order valence-corrected chi connectivity index (χ3v) is 8.03. The average molecular weight is 410 g/mol. The Hall–Kier alpha value is -2.21. The Labute approximate surface area is 175 Å². The van der Waals surface area contributed by atoms with Crippen molar-refractivity contribution in [2.24, 2.45) is 11.8 Å². The lowest BCUT2D eigenvalue weighted by molar-refractivity contribution is 0.0592. The van der Waals surface area contributed by atoms with Crippen LogP contribution in [0.25, 0.3) is 0 Å². The highest BCUT2D eigenvalue weighted by atomic mass is 32.1. The molecule has 1 N–H and O–H groups in total. The van der Waals surface area contributed by atoms with Crippen LogP contribution in [0.15, 0.2) is 23.7 Å². The number of likely N-dealkylation sites (tertiary alicyclic amines) is 1. The summed E-state index contributed by atoms with van der Waals surface area (Å²) in [5, 5.41) is 5.41. The highest BCUT2D eigenvalue weighted by Crippen LogP contribution is 2.38. The van der Waals surface area contributed by atoms with Gasteiger partial charge in [0.2, 0.25) is 0 Å². The number of aryl methyl sites for hydroxylation is 2. The van der Waals surface area contributed by atoms with Crippen LogP contribution in [0.1, 0.15) is 62.5 Å². The number of amides is 2. The van der Waals surface area contributed by atoms with Crippen molar-refractivity contribution in [2.75, 3.05) is 13.1 Å². The van der Waals surface area contributed by atoms with E-state index in [4.69, 9.17) is 0 Å². The van der Waals surface area contributed by atoms with Gasteiger partial charge in [-0.1, -0.05) is 6.07 Å². The van der Waals surface area contributed by atoms with E-state index in [0.29, 0.717) is 30.6 Å². The van der Waals surface area contributed by atoms with Crippen molar-refractivity contribution in [1.82, 2.24) is 15.2 Å². The Morgan fingerprint density at radius 1 is 1.17 bits per heavy atom. The quantitative estimate of drug-likeness (QED) is 0.842. The molecule has 3 atom stereocenters. The first-order valence-corrected chi connectivity index (χ1v) is 11.6. The van der Waals surface area contributed by atoms with E-state index < -0.39 is 0 Å². The maximum absolute atomic E-state index is 13.1. The van der Waals surface area contributed by atoms with Crippen LogP contribution < -0.4 is 5.32 Å². The van der Waals surface area contributed by atoms with Gasteiger partial charge in [0.05, 0.1) is 5.56 Å². The number of piperidine rings is 1. The molecule has 5 rings (SSSR count). The number of pyridine rings is 1. The van der Waals surface area contributed by atoms with Gasteiger partial charge in [0.25, 0.3) is 11.8 Å². The molecule has 1 unspecified atom stereocenters. The molecule has 3 heterocycles. The number of rotatable bonds is 3. The van der Waals surface area contributed by atoms with E-state index in [-0.39, 0.29) is 17.9 Å². The SMILES string of the molecule is Cc1cccnc1C(=O)N1C[C@H]2CC[C@@H](C1)C2NC(=O)c1csc2c1CCCC2. The van der Waals surface area contributed by atoms with E-state index >= 15 is 0 Å². The molecule has 152 valence electrons. The van der Waals surface area contributed by atoms with Gasteiger partial charge < -0.3 is 10.2 Å². The number of carbonyl (C=O) groups is 2. The predicted molar refractivity (Wildman–Crippen MR) is 113 cm³/mol. The zero-order chi connectivity index (χ0) is 20.0. The van der Waals surface area contributed by atoms with Crippen LogP contribution in [0, 0.1) is 18.8 Å². The van der Waals surface area contributed by atoms with Crippen LogP contribution in [-0.2, 0) is 12.8 Å². The van der Waals surface area contributed by atoms with Gasteiger partial charge in [0.15, 0.2) is 0 Å². The topological polar surface area (TPSA) is 62.3 Å². The lowest BCUT2D eigenvalue weighted by Gasteiger charge is -2.38. The van der Waals surface area contributed by atoms with Gasteiger partial charge in [0, 0.05) is 35.6 Å². The minimum atomic E-state index is 0.0247. The van der Waals surface area contributed by atoms with Crippen molar-refractivity contribution < 1.29 is 9.59 Å². The molecular formula is C23H27N3O2S. The van der Waals surface area contributed by atoms with E-state index in [9.17, 15) is 9.59 Å². The fourth-order valence-corrected chi connectivity index (χ4v) is 6.52. The third-order valence-electron chi connectivity index (χ3n) is 6.94. The first-order valence-electron chi connectivity index (χ1n) is 10.7. The van der Waals surface area contributed by atoms with Crippen LogP contribution in [0.5, 0.6) is 0 Å². The van der Waals surface area contributed by atoms with Crippen LogP contribution in [0.4, 0.5) is 0 Å². The highest BCUT2D eigenvalue weighted by Gasteiger charge is 2.44. The van der Waals surface area contributed by atoms with Crippen LogP contribution in [0.3, 0.4) is 0 Å². The number of thiophene rings is 1. The molecule has 0 aromatic carbocycles. The lowest BCUT2D eigenvalue weighted by Crippen LogP contribution is -2.54. The third kappa shape index (κ3) is 3.37. The van der Waals surface area contributed by atoms with Crippen molar-refractivity contribution in [2.45, 2.75) is 51.5 Å². The van der Waals surface area contributed by atoms with E-state index in [2.05, 4.69) is 15.7 Å². The molecular weight excluding hydrogens is 382 g/mol. The van der Waals surface area contributed by atoms with Gasteiger partial charge in [-0.3, -0.25) is 14.6 Å². The standard InChI is InChI=1S/C23H27N3O2S/c1-14-5-4-10-24-20(14)23(28)26-11-15-8-9-16(12-26)21(15)25-22(27)18-13-29-19-7-3-2-6-17(18)19/h4-5,10,13,15-16,21H,2-3,6-9,11-12H2,1H3,(H,25,27)/t15-,16+,21?. The number of carbonyl (C=O) groups excluding carboxylic acids is 2. The second-order valence-corrected chi connectivity index (χ2v) is 9.70. The van der Waals surface area contributed by atoms with Crippen molar-refractivity contribution >= 4 is 23.2 Å². The van der Waals surface area contributed by atoms with Crippen LogP contribution >= 0.6 is 11.3 Å². The molecule has 1 saturated heterocycles. The molecule has 2 aromatic rings. The number of hydrogen-bond donors (Lipinski definition) is 1. The zero-order valence-corrected chi connectivity index (χ0v) is 17.6. The molecule has 1 saturated carbocycles. The largest absolute Gasteiger partial charge is 0.349 e. The summed E-state index contributed by atoms with van der Waals surface area (Å²) in [6.45, 7) is 3.35. The van der Waals surface area contributed by atoms with Crippen LogP contribution in [0.2, 0.25) is 0 Å². The molecule has 1 aliphatic heterocycles. The summed E-state index contributed by atoms with van der Waals surface area (Å²) in [7, 11) is 0. The Bertz CT molecular complexity index is 939. The molecule has 2 bridgehead atoms. The molecule has 2 aliphatic carbocycles. The minimum absolute atomic E-state index is 0.0247. The predicted octanol–water partition coefficient (Wildman–Crippen LogP) is 3.61. The second kappa shape index (κ2) is 7.56. The van der Waals surface area contributed by atoms with Crippen molar-refractivity contribution in [3.8, 4) is 0 Å². The lowest BCUT2D eigenvalue weighted by atomic mass is 9.90. The molecule has 2 amide bonds. The summed E-state index contributed by atoms with van der Waals surface area (Å²) >= 11 is 1.74. The number of nitrogens with one attached hydrogen (secondary N) is 1. The Morgan fingerprint density at radius 2 is 1.93 bits per heavy atom. The number of aromatic nitrogens is 1. The summed E-state index contributed by atoms with van der Waals surface area (Å²) in [6, 6.07) is 3.97. The molecule has 2 aromatic heterocycles. The Kier molecular flexibility index (Phi) is 4.90.